The molecule has 1 aliphatic rings. The van der Waals surface area contributed by atoms with Crippen LogP contribution in [-0.4, -0.2) is 51.7 Å². The van der Waals surface area contributed by atoms with Gasteiger partial charge >= 0.3 is 0 Å². The maximum atomic E-state index is 13.1. The first-order valence-corrected chi connectivity index (χ1v) is 10.9. The van der Waals surface area contributed by atoms with E-state index in [-0.39, 0.29) is 24.1 Å². The molecule has 1 fully saturated rings. The van der Waals surface area contributed by atoms with Gasteiger partial charge in [-0.2, -0.15) is 0 Å². The summed E-state index contributed by atoms with van der Waals surface area (Å²) in [6.07, 6.45) is 3.23. The molecule has 1 N–H and O–H groups in total. The number of nitrogens with one attached hydrogen (secondary N) is 1. The van der Waals surface area contributed by atoms with Gasteiger partial charge in [0.15, 0.2) is 9.84 Å². The average molecular weight is 403 g/mol. The molecule has 1 unspecified atom stereocenters. The Balaban J connectivity index is 0.00000225. The fraction of sp³-hybridized carbons (Fsp3) is 0.471. The lowest BCUT2D eigenvalue weighted by Crippen LogP contribution is -2.46. The lowest BCUT2D eigenvalue weighted by atomic mass is 10.1. The Morgan fingerprint density at radius 1 is 1.36 bits per heavy atom. The van der Waals surface area contributed by atoms with Crippen molar-refractivity contribution in [3.8, 4) is 0 Å². The molecule has 25 heavy (non-hydrogen) atoms. The second-order valence-electron chi connectivity index (χ2n) is 6.35. The number of thiophene rings is 1. The van der Waals surface area contributed by atoms with E-state index in [0.29, 0.717) is 23.0 Å². The van der Waals surface area contributed by atoms with Crippen LogP contribution in [0.5, 0.6) is 0 Å². The smallest absolute Gasteiger partial charge is 0.264 e. The number of amides is 1. The Labute approximate surface area is 158 Å². The van der Waals surface area contributed by atoms with Gasteiger partial charge in [-0.1, -0.05) is 18.2 Å². The Morgan fingerprint density at radius 2 is 2.08 bits per heavy atom. The first-order chi connectivity index (χ1) is 11.4. The van der Waals surface area contributed by atoms with Crippen molar-refractivity contribution < 1.29 is 13.2 Å². The Bertz CT molecular complexity index is 864. The molecule has 8 heteroatoms. The highest BCUT2D eigenvalue weighted by Crippen LogP contribution is 2.34. The first kappa shape index (κ1) is 20.2. The quantitative estimate of drug-likeness (QED) is 0.853. The molecule has 1 amide bonds. The number of carbonyl (C=O) groups is 1. The molecule has 2 aromatic rings. The summed E-state index contributed by atoms with van der Waals surface area (Å²) in [7, 11) is -1.31. The number of hydrogen-bond acceptors (Lipinski definition) is 5. The van der Waals surface area contributed by atoms with Gasteiger partial charge in [0, 0.05) is 30.1 Å². The summed E-state index contributed by atoms with van der Waals surface area (Å²) in [5.41, 5.74) is 0.648. The van der Waals surface area contributed by atoms with E-state index < -0.39 is 9.84 Å². The van der Waals surface area contributed by atoms with Gasteiger partial charge in [-0.3, -0.25) is 4.79 Å². The number of piperidine rings is 1. The highest BCUT2D eigenvalue weighted by atomic mass is 35.5. The van der Waals surface area contributed by atoms with Crippen molar-refractivity contribution in [2.24, 2.45) is 0 Å². The Kier molecular flexibility index (Phi) is 6.48. The van der Waals surface area contributed by atoms with Crippen LogP contribution in [0.15, 0.2) is 24.3 Å². The summed E-state index contributed by atoms with van der Waals surface area (Å²) < 4.78 is 24.7. The van der Waals surface area contributed by atoms with Crippen molar-refractivity contribution in [3.63, 3.8) is 0 Å². The molecule has 1 aromatic carbocycles. The van der Waals surface area contributed by atoms with Crippen LogP contribution in [0, 0.1) is 0 Å². The number of halogens is 1. The molecular weight excluding hydrogens is 380 g/mol. The number of likely N-dealkylation sites (N-methyl/N-ethyl adjacent to an activating group) is 1. The van der Waals surface area contributed by atoms with Crippen molar-refractivity contribution in [1.29, 1.82) is 0 Å². The van der Waals surface area contributed by atoms with Crippen LogP contribution in [0.25, 0.3) is 10.1 Å². The molecule has 1 atom stereocenters. The normalized spacial score (nSPS) is 18.2. The first-order valence-electron chi connectivity index (χ1n) is 8.03. The molecule has 0 spiro atoms. The average Bonchev–Trinajstić information content (AvgIpc) is 2.91. The summed E-state index contributed by atoms with van der Waals surface area (Å²) in [5.74, 6) is -0.142. The maximum absolute atomic E-state index is 13.1. The predicted molar refractivity (Wildman–Crippen MR) is 106 cm³/mol. The van der Waals surface area contributed by atoms with Gasteiger partial charge in [-0.05, 0) is 36.9 Å². The maximum Gasteiger partial charge on any atom is 0.264 e. The molecule has 0 radical (unpaired) electrons. The minimum Gasteiger partial charge on any atom is -0.336 e. The van der Waals surface area contributed by atoms with Crippen LogP contribution in [0.1, 0.15) is 28.1 Å². The topological polar surface area (TPSA) is 66.5 Å². The number of hydrogen-bond donors (Lipinski definition) is 1. The third-order valence-corrected chi connectivity index (χ3v) is 6.43. The number of fused-ring (bicyclic) bond motifs is 1. The Hall–Kier alpha value is -1.15. The van der Waals surface area contributed by atoms with Gasteiger partial charge < -0.3 is 10.2 Å². The van der Waals surface area contributed by atoms with Crippen LogP contribution in [0.2, 0.25) is 0 Å². The second kappa shape index (κ2) is 8.03. The van der Waals surface area contributed by atoms with Crippen LogP contribution in [-0.2, 0) is 15.6 Å². The fourth-order valence-electron chi connectivity index (χ4n) is 3.22. The number of nitrogens with zero attached hydrogens (tertiary/aromatic N) is 1. The summed E-state index contributed by atoms with van der Waals surface area (Å²) in [6.45, 7) is 1.39. The van der Waals surface area contributed by atoms with Crippen LogP contribution < -0.4 is 5.32 Å². The molecule has 1 aliphatic heterocycles. The zero-order valence-corrected chi connectivity index (χ0v) is 16.8. The zero-order chi connectivity index (χ0) is 17.3. The number of rotatable bonds is 4. The zero-order valence-electron chi connectivity index (χ0n) is 14.3. The van der Waals surface area contributed by atoms with Gasteiger partial charge in [0.2, 0.25) is 0 Å². The van der Waals surface area contributed by atoms with Crippen molar-refractivity contribution in [3.05, 3.63) is 34.7 Å². The monoisotopic (exact) mass is 402 g/mol. The van der Waals surface area contributed by atoms with E-state index in [1.54, 1.807) is 0 Å². The summed E-state index contributed by atoms with van der Waals surface area (Å²) >= 11 is 1.40. The minimum atomic E-state index is -3.22. The highest BCUT2D eigenvalue weighted by molar-refractivity contribution is 7.89. The second-order valence-corrected chi connectivity index (χ2v) is 9.55. The van der Waals surface area contributed by atoms with E-state index >= 15 is 0 Å². The lowest BCUT2D eigenvalue weighted by molar-refractivity contribution is 0.0702. The van der Waals surface area contributed by atoms with Gasteiger partial charge in [0.25, 0.3) is 5.91 Å². The van der Waals surface area contributed by atoms with Gasteiger partial charge in [0.05, 0.1) is 10.6 Å². The molecule has 0 bridgehead atoms. The van der Waals surface area contributed by atoms with Crippen LogP contribution in [0.4, 0.5) is 0 Å². The van der Waals surface area contributed by atoms with Crippen molar-refractivity contribution >= 4 is 49.6 Å². The van der Waals surface area contributed by atoms with Crippen LogP contribution in [0.3, 0.4) is 0 Å². The predicted octanol–water partition coefficient (Wildman–Crippen LogP) is 2.69. The van der Waals surface area contributed by atoms with Crippen molar-refractivity contribution in [2.75, 3.05) is 26.4 Å². The summed E-state index contributed by atoms with van der Waals surface area (Å²) in [4.78, 5) is 15.5. The standard InChI is InChI=1S/C17H22N2O3S2.ClH/c1-18-12-6-5-9-19(10-12)17(20)16-14(11-24(2,21)22)13-7-3-4-8-15(13)23-16;/h3-4,7-8,12,18H,5-6,9-11H2,1-2H3;1H. The summed E-state index contributed by atoms with van der Waals surface area (Å²) in [5, 5.41) is 4.11. The van der Waals surface area contributed by atoms with Crippen molar-refractivity contribution in [2.45, 2.75) is 24.6 Å². The number of benzene rings is 1. The van der Waals surface area contributed by atoms with Crippen molar-refractivity contribution in [1.82, 2.24) is 10.2 Å². The molecule has 3 rings (SSSR count). The van der Waals surface area contributed by atoms with E-state index in [2.05, 4.69) is 5.32 Å². The largest absolute Gasteiger partial charge is 0.336 e. The molecule has 138 valence electrons. The van der Waals surface area contributed by atoms with E-state index in [4.69, 9.17) is 0 Å². The lowest BCUT2D eigenvalue weighted by Gasteiger charge is -2.32. The number of carbonyl (C=O) groups excluding carboxylic acids is 1. The highest BCUT2D eigenvalue weighted by Gasteiger charge is 2.28. The molecule has 5 nitrogen and oxygen atoms in total. The van der Waals surface area contributed by atoms with E-state index in [0.717, 1.165) is 29.5 Å². The number of sulfone groups is 1. The SMILES string of the molecule is CNC1CCCN(C(=O)c2sc3ccccc3c2CS(C)(=O)=O)C1.Cl. The molecule has 0 saturated carbocycles. The Morgan fingerprint density at radius 3 is 2.76 bits per heavy atom. The van der Waals surface area contributed by atoms with E-state index in [9.17, 15) is 13.2 Å². The molecule has 2 heterocycles. The van der Waals surface area contributed by atoms with E-state index in [1.807, 2.05) is 36.2 Å². The molecule has 1 saturated heterocycles. The van der Waals surface area contributed by atoms with Gasteiger partial charge in [-0.25, -0.2) is 8.42 Å². The summed E-state index contributed by atoms with van der Waals surface area (Å²) in [6, 6.07) is 7.93. The molecular formula is C17H23ClN2O3S2. The fourth-order valence-corrected chi connectivity index (χ4v) is 5.32. The molecule has 0 aliphatic carbocycles. The minimum absolute atomic E-state index is 0. The van der Waals surface area contributed by atoms with Crippen LogP contribution >= 0.6 is 23.7 Å². The van der Waals surface area contributed by atoms with Gasteiger partial charge in [0.1, 0.15) is 0 Å². The third-order valence-electron chi connectivity index (χ3n) is 4.42. The van der Waals surface area contributed by atoms with E-state index in [1.165, 1.54) is 17.6 Å². The molecule has 1 aromatic heterocycles. The third kappa shape index (κ3) is 4.53. The van der Waals surface area contributed by atoms with Gasteiger partial charge in [-0.15, -0.1) is 23.7 Å². The number of likely N-dealkylation sites (tertiary alicyclic amines) is 1.